The maximum Gasteiger partial charge on any atom is -0.00297 e. The lowest BCUT2D eigenvalue weighted by molar-refractivity contribution is 1.09. The fourth-order valence-corrected chi connectivity index (χ4v) is 0. The van der Waals surface area contributed by atoms with Crippen molar-refractivity contribution < 1.29 is 0 Å². The van der Waals surface area contributed by atoms with Gasteiger partial charge in [-0.2, -0.15) is 0 Å². The summed E-state index contributed by atoms with van der Waals surface area (Å²) in [6, 6.07) is 0. The molecule has 0 nitrogen and oxygen atoms in total. The highest BCUT2D eigenvalue weighted by Gasteiger charge is 1.35. The lowest BCUT2D eigenvalue weighted by Gasteiger charge is -1.48. The van der Waals surface area contributed by atoms with Gasteiger partial charge in [0.05, 0.1) is 0 Å². The van der Waals surface area contributed by atoms with Gasteiger partial charge < -0.3 is 0 Å². The molecular weight excluding hydrogens is 144 g/mol. The summed E-state index contributed by atoms with van der Waals surface area (Å²) in [5.41, 5.74) is 2.25. The Bertz CT molecular complexity index is 106. The molecule has 0 fully saturated rings. The van der Waals surface area contributed by atoms with Crippen molar-refractivity contribution in [1.29, 1.82) is 0 Å². The van der Waals surface area contributed by atoms with Crippen molar-refractivity contribution in [1.82, 2.24) is 0 Å². The van der Waals surface area contributed by atoms with Gasteiger partial charge in [-0.25, -0.2) is 0 Å². The van der Waals surface area contributed by atoms with Gasteiger partial charge in [-0.05, 0) is 13.8 Å². The molecule has 0 aromatic carbocycles. The Balaban J connectivity index is -0.0000000356. The Morgan fingerprint density at radius 1 is 1.33 bits per heavy atom. The van der Waals surface area contributed by atoms with E-state index in [0.29, 0.717) is 0 Å². The van der Waals surface area contributed by atoms with Gasteiger partial charge >= 0.3 is 0 Å². The summed E-state index contributed by atoms with van der Waals surface area (Å²) in [4.78, 5) is 0. The van der Waals surface area contributed by atoms with Crippen LogP contribution in [-0.4, -0.2) is 0 Å². The largest absolute Gasteiger partial charge is 0.137 e. The highest BCUT2D eigenvalue weighted by Crippen LogP contribution is 1.56. The van der Waals surface area contributed by atoms with Gasteiger partial charge in [0.1, 0.15) is 0 Å². The van der Waals surface area contributed by atoms with Crippen molar-refractivity contribution in [2.24, 2.45) is 0 Å². The predicted octanol–water partition coefficient (Wildman–Crippen LogP) is 4.21. The minimum atomic E-state index is 1.25. The number of allylic oxidation sites excluding steroid dienone is 1. The Morgan fingerprint density at radius 3 is 1.33 bits per heavy atom. The molecule has 0 spiro atoms. The molecule has 0 amide bonds. The number of hydrogen-bond donors (Lipinski definition) is 0. The zero-order valence-electron chi connectivity index (χ0n) is 8.98. The molecule has 0 unspecified atom stereocenters. The first kappa shape index (κ1) is 22.4. The van der Waals surface area contributed by atoms with E-state index in [1.54, 1.807) is 13.0 Å². The normalized spacial score (nSPS) is 3.92. The zero-order valence-corrected chi connectivity index (χ0v) is 8.98. The van der Waals surface area contributed by atoms with E-state index in [0.717, 1.165) is 0 Å². The topological polar surface area (TPSA) is 0 Å². The Labute approximate surface area is 78.7 Å². The van der Waals surface area contributed by atoms with E-state index in [1.807, 2.05) is 6.92 Å². The molecule has 0 N–H and O–H groups in total. The molecule has 12 heavy (non-hydrogen) atoms. The van der Waals surface area contributed by atoms with Crippen LogP contribution in [0.5, 0.6) is 0 Å². The van der Waals surface area contributed by atoms with Crippen molar-refractivity contribution in [2.75, 3.05) is 0 Å². The van der Waals surface area contributed by atoms with Gasteiger partial charge in [0.25, 0.3) is 0 Å². The zero-order chi connectivity index (χ0) is 10.8. The minimum Gasteiger partial charge on any atom is -0.137 e. The van der Waals surface area contributed by atoms with Gasteiger partial charge in [0.2, 0.25) is 0 Å². The molecule has 0 aliphatic rings. The molecule has 0 saturated heterocycles. The number of hydrogen-bond acceptors (Lipinski definition) is 0. The third-order valence-corrected chi connectivity index (χ3v) is 0. The maximum absolute atomic E-state index is 4.60. The molecule has 0 bridgehead atoms. The van der Waals surface area contributed by atoms with E-state index >= 15 is 0 Å². The van der Waals surface area contributed by atoms with Gasteiger partial charge in [-0.15, -0.1) is 24.7 Å². The first-order valence-corrected chi connectivity index (χ1v) is 3.90. The van der Waals surface area contributed by atoms with Gasteiger partial charge in [0, 0.05) is 0 Å². The van der Waals surface area contributed by atoms with Crippen LogP contribution in [0, 0.1) is 12.3 Å². The van der Waals surface area contributed by atoms with E-state index < -0.39 is 0 Å². The lowest BCUT2D eigenvalue weighted by Crippen LogP contribution is -1.27. The van der Waals surface area contributed by atoms with E-state index in [4.69, 9.17) is 0 Å². The number of terminal acetylenes is 1. The van der Waals surface area contributed by atoms with Crippen LogP contribution in [0.1, 0.15) is 34.1 Å². The Hall–Kier alpha value is -1.18. The van der Waals surface area contributed by atoms with Gasteiger partial charge in [0.15, 0.2) is 0 Å². The van der Waals surface area contributed by atoms with Crippen molar-refractivity contribution in [3.8, 4) is 12.3 Å². The van der Waals surface area contributed by atoms with Gasteiger partial charge in [-0.3, -0.25) is 0 Å². The first-order chi connectivity index (χ1) is 5.66. The van der Waals surface area contributed by atoms with Crippen molar-refractivity contribution in [3.05, 3.63) is 31.5 Å². The van der Waals surface area contributed by atoms with E-state index in [9.17, 15) is 0 Å². The maximum atomic E-state index is 4.60. The summed E-state index contributed by atoms with van der Waals surface area (Å²) >= 11 is 0. The van der Waals surface area contributed by atoms with E-state index in [-0.39, 0.29) is 0 Å². The Morgan fingerprint density at radius 2 is 1.33 bits per heavy atom. The van der Waals surface area contributed by atoms with Crippen molar-refractivity contribution in [3.63, 3.8) is 0 Å². The standard InChI is InChI=1S/C3H8.C3H6.2C3H4/c4*1-3-2/h3H2,1-2H3;3H,1H2,2H3;1-2H2;1H,2H3. The second-order valence-corrected chi connectivity index (χ2v) is 1.65. The Kier molecular flexibility index (Phi) is 180. The molecule has 0 saturated carbocycles. The van der Waals surface area contributed by atoms with Crippen molar-refractivity contribution >= 4 is 0 Å². The second kappa shape index (κ2) is 96.1. The molecule has 0 rings (SSSR count). The SMILES string of the molecule is C#CC.C=C=C.C=CC.CCC. The highest BCUT2D eigenvalue weighted by atomic mass is 13.4. The van der Waals surface area contributed by atoms with Crippen LogP contribution in [0.25, 0.3) is 0 Å². The molecule has 0 aliphatic heterocycles. The van der Waals surface area contributed by atoms with Crippen LogP contribution in [0.3, 0.4) is 0 Å². The first-order valence-electron chi connectivity index (χ1n) is 3.90. The van der Waals surface area contributed by atoms with Crippen LogP contribution < -0.4 is 0 Å². The molecule has 0 aromatic rings. The quantitative estimate of drug-likeness (QED) is 0.287. The fourth-order valence-electron chi connectivity index (χ4n) is 0. The summed E-state index contributed by atoms with van der Waals surface area (Å²) in [5, 5.41) is 0. The third kappa shape index (κ3) is 387. The monoisotopic (exact) mass is 166 g/mol. The average Bonchev–Trinajstić information content (AvgIpc) is 1.92. The van der Waals surface area contributed by atoms with Crippen LogP contribution in [0.4, 0.5) is 0 Å². The molecule has 0 radical (unpaired) electrons. The lowest BCUT2D eigenvalue weighted by atomic mass is 10.6. The van der Waals surface area contributed by atoms with E-state index in [1.165, 1.54) is 6.42 Å². The molecule has 0 heteroatoms. The summed E-state index contributed by atoms with van der Waals surface area (Å²) in [7, 11) is 0. The van der Waals surface area contributed by atoms with Crippen LogP contribution in [0.2, 0.25) is 0 Å². The third-order valence-electron chi connectivity index (χ3n) is 0. The molecule has 0 heterocycles. The van der Waals surface area contributed by atoms with Crippen LogP contribution in [-0.2, 0) is 0 Å². The molecular formula is C12H22. The summed E-state index contributed by atoms with van der Waals surface area (Å²) in [5.74, 6) is 2.25. The van der Waals surface area contributed by atoms with Crippen LogP contribution in [0.15, 0.2) is 31.5 Å². The number of rotatable bonds is 0. The summed E-state index contributed by atoms with van der Waals surface area (Å²) in [6.45, 7) is 17.4. The molecule has 0 aliphatic carbocycles. The fraction of sp³-hybridized carbons (Fsp3) is 0.417. The smallest absolute Gasteiger partial charge is 0.00297 e. The van der Waals surface area contributed by atoms with E-state index in [2.05, 4.69) is 51.7 Å². The average molecular weight is 166 g/mol. The minimum absolute atomic E-state index is 1.25. The highest BCUT2D eigenvalue weighted by molar-refractivity contribution is 4.73. The van der Waals surface area contributed by atoms with Gasteiger partial charge in [-0.1, -0.05) is 39.5 Å². The molecule has 70 valence electrons. The van der Waals surface area contributed by atoms with Crippen LogP contribution >= 0.6 is 0 Å². The molecule has 0 atom stereocenters. The summed E-state index contributed by atoms with van der Waals surface area (Å²) in [6.07, 6.45) is 7.60. The predicted molar refractivity (Wildman–Crippen MR) is 61.1 cm³/mol. The molecule has 0 aromatic heterocycles. The summed E-state index contributed by atoms with van der Waals surface area (Å²) < 4.78 is 0. The second-order valence-electron chi connectivity index (χ2n) is 1.65. The van der Waals surface area contributed by atoms with Crippen molar-refractivity contribution in [2.45, 2.75) is 34.1 Å².